The van der Waals surface area contributed by atoms with E-state index in [4.69, 9.17) is 4.42 Å². The zero-order valence-electron chi connectivity index (χ0n) is 9.90. The number of rotatable bonds is 2. The standard InChI is InChI=1S/C12H14N4O2/c17-12-16(7-8-18-12)10-2-5-15(6-3-10)11-1-4-13-9-14-11/h1,4,7-10H,2-3,5-6H2. The van der Waals surface area contributed by atoms with Crippen molar-refractivity contribution in [3.8, 4) is 0 Å². The lowest BCUT2D eigenvalue weighted by molar-refractivity contribution is 0.361. The Morgan fingerprint density at radius 1 is 1.33 bits per heavy atom. The van der Waals surface area contributed by atoms with E-state index in [1.807, 2.05) is 6.07 Å². The molecule has 1 fully saturated rings. The van der Waals surface area contributed by atoms with Crippen LogP contribution in [0.1, 0.15) is 18.9 Å². The molecular formula is C12H14N4O2. The lowest BCUT2D eigenvalue weighted by Crippen LogP contribution is -2.36. The van der Waals surface area contributed by atoms with Crippen LogP contribution in [0.3, 0.4) is 0 Å². The maximum Gasteiger partial charge on any atom is 0.419 e. The maximum atomic E-state index is 11.4. The molecule has 6 nitrogen and oxygen atoms in total. The predicted octanol–water partition coefficient (Wildman–Crippen LogP) is 1.07. The first kappa shape index (κ1) is 11.0. The second-order valence-electron chi connectivity index (χ2n) is 4.36. The van der Waals surface area contributed by atoms with Gasteiger partial charge in [-0.3, -0.25) is 4.57 Å². The Kier molecular flexibility index (Phi) is 2.84. The number of piperidine rings is 1. The molecule has 0 radical (unpaired) electrons. The number of oxazole rings is 1. The van der Waals surface area contributed by atoms with Crippen LogP contribution < -0.4 is 10.7 Å². The molecule has 1 aliphatic heterocycles. The van der Waals surface area contributed by atoms with Gasteiger partial charge in [0.15, 0.2) is 0 Å². The molecule has 0 saturated carbocycles. The maximum absolute atomic E-state index is 11.4. The lowest BCUT2D eigenvalue weighted by atomic mass is 10.1. The first-order valence-corrected chi connectivity index (χ1v) is 6.01. The largest absolute Gasteiger partial charge is 0.419 e. The van der Waals surface area contributed by atoms with Crippen LogP contribution >= 0.6 is 0 Å². The van der Waals surface area contributed by atoms with Crippen LogP contribution in [0.15, 0.2) is 40.3 Å². The predicted molar refractivity (Wildman–Crippen MR) is 65.5 cm³/mol. The van der Waals surface area contributed by atoms with Crippen LogP contribution in [-0.2, 0) is 0 Å². The van der Waals surface area contributed by atoms with E-state index in [0.29, 0.717) is 0 Å². The Balaban J connectivity index is 1.69. The van der Waals surface area contributed by atoms with E-state index >= 15 is 0 Å². The van der Waals surface area contributed by atoms with Gasteiger partial charge in [-0.25, -0.2) is 14.8 Å². The molecule has 1 saturated heterocycles. The van der Waals surface area contributed by atoms with Gasteiger partial charge in [-0.2, -0.15) is 0 Å². The molecule has 2 aromatic rings. The summed E-state index contributed by atoms with van der Waals surface area (Å²) in [4.78, 5) is 21.8. The van der Waals surface area contributed by atoms with Crippen LogP contribution in [-0.4, -0.2) is 27.6 Å². The molecule has 0 aliphatic carbocycles. The fraction of sp³-hybridized carbons (Fsp3) is 0.417. The van der Waals surface area contributed by atoms with Gasteiger partial charge in [0.25, 0.3) is 0 Å². The number of anilines is 1. The lowest BCUT2D eigenvalue weighted by Gasteiger charge is -2.32. The Bertz CT molecular complexity index is 555. The summed E-state index contributed by atoms with van der Waals surface area (Å²) in [5, 5.41) is 0. The monoisotopic (exact) mass is 246 g/mol. The van der Waals surface area contributed by atoms with E-state index in [1.54, 1.807) is 23.3 Å². The van der Waals surface area contributed by atoms with Crippen molar-refractivity contribution >= 4 is 5.82 Å². The average molecular weight is 246 g/mol. The minimum absolute atomic E-state index is 0.231. The zero-order valence-corrected chi connectivity index (χ0v) is 9.90. The van der Waals surface area contributed by atoms with E-state index in [-0.39, 0.29) is 11.8 Å². The number of hydrogen-bond acceptors (Lipinski definition) is 5. The molecule has 1 aliphatic rings. The van der Waals surface area contributed by atoms with E-state index in [1.165, 1.54) is 6.26 Å². The zero-order chi connectivity index (χ0) is 12.4. The van der Waals surface area contributed by atoms with Gasteiger partial charge in [-0.1, -0.05) is 0 Å². The van der Waals surface area contributed by atoms with Gasteiger partial charge in [0.05, 0.1) is 0 Å². The van der Waals surface area contributed by atoms with Crippen LogP contribution in [0.2, 0.25) is 0 Å². The average Bonchev–Trinajstić information content (AvgIpc) is 2.86. The number of aromatic nitrogens is 3. The summed E-state index contributed by atoms with van der Waals surface area (Å²) in [7, 11) is 0. The minimum Gasteiger partial charge on any atom is -0.416 e. The summed E-state index contributed by atoms with van der Waals surface area (Å²) in [6.45, 7) is 1.78. The smallest absolute Gasteiger partial charge is 0.416 e. The quantitative estimate of drug-likeness (QED) is 0.793. The Morgan fingerprint density at radius 3 is 2.78 bits per heavy atom. The minimum atomic E-state index is -0.268. The molecule has 0 unspecified atom stereocenters. The second-order valence-corrected chi connectivity index (χ2v) is 4.36. The van der Waals surface area contributed by atoms with Gasteiger partial charge in [0.2, 0.25) is 0 Å². The normalized spacial score (nSPS) is 17.0. The Morgan fingerprint density at radius 2 is 2.17 bits per heavy atom. The van der Waals surface area contributed by atoms with Crippen molar-refractivity contribution in [2.24, 2.45) is 0 Å². The van der Waals surface area contributed by atoms with Gasteiger partial charge in [0.1, 0.15) is 18.4 Å². The van der Waals surface area contributed by atoms with Crippen molar-refractivity contribution in [2.45, 2.75) is 18.9 Å². The van der Waals surface area contributed by atoms with Crippen molar-refractivity contribution in [1.29, 1.82) is 0 Å². The number of hydrogen-bond donors (Lipinski definition) is 0. The van der Waals surface area contributed by atoms with Crippen molar-refractivity contribution < 1.29 is 4.42 Å². The first-order valence-electron chi connectivity index (χ1n) is 6.01. The fourth-order valence-corrected chi connectivity index (χ4v) is 2.39. The van der Waals surface area contributed by atoms with Gasteiger partial charge >= 0.3 is 5.76 Å². The third-order valence-electron chi connectivity index (χ3n) is 3.35. The van der Waals surface area contributed by atoms with E-state index in [9.17, 15) is 4.79 Å². The molecule has 0 bridgehead atoms. The molecule has 6 heteroatoms. The molecule has 0 N–H and O–H groups in total. The first-order chi connectivity index (χ1) is 8.84. The van der Waals surface area contributed by atoms with Crippen LogP contribution in [0, 0.1) is 0 Å². The molecule has 0 spiro atoms. The summed E-state index contributed by atoms with van der Waals surface area (Å²) in [5.74, 6) is 0.679. The van der Waals surface area contributed by atoms with Crippen molar-refractivity contribution in [1.82, 2.24) is 14.5 Å². The molecule has 94 valence electrons. The molecule has 2 aromatic heterocycles. The molecular weight excluding hydrogens is 232 g/mol. The van der Waals surface area contributed by atoms with Crippen molar-refractivity contribution in [3.63, 3.8) is 0 Å². The molecule has 18 heavy (non-hydrogen) atoms. The summed E-state index contributed by atoms with van der Waals surface area (Å²) < 4.78 is 6.48. The highest BCUT2D eigenvalue weighted by Crippen LogP contribution is 2.23. The highest BCUT2D eigenvalue weighted by molar-refractivity contribution is 5.36. The fourth-order valence-electron chi connectivity index (χ4n) is 2.39. The SMILES string of the molecule is O=c1occn1C1CCN(c2ccncn2)CC1. The van der Waals surface area contributed by atoms with Crippen molar-refractivity contribution in [2.75, 3.05) is 18.0 Å². The second kappa shape index (κ2) is 4.64. The van der Waals surface area contributed by atoms with E-state index in [0.717, 1.165) is 31.7 Å². The Labute approximate surface area is 104 Å². The van der Waals surface area contributed by atoms with Crippen LogP contribution in [0.25, 0.3) is 0 Å². The highest BCUT2D eigenvalue weighted by Gasteiger charge is 2.22. The molecule has 0 amide bonds. The van der Waals surface area contributed by atoms with Crippen LogP contribution in [0.4, 0.5) is 5.82 Å². The number of nitrogens with zero attached hydrogens (tertiary/aromatic N) is 4. The van der Waals surface area contributed by atoms with Gasteiger partial charge in [-0.05, 0) is 18.9 Å². The summed E-state index contributed by atoms with van der Waals surface area (Å²) in [6.07, 6.45) is 8.30. The van der Waals surface area contributed by atoms with E-state index in [2.05, 4.69) is 14.9 Å². The van der Waals surface area contributed by atoms with Gasteiger partial charge < -0.3 is 9.32 Å². The van der Waals surface area contributed by atoms with Gasteiger partial charge in [0, 0.05) is 31.5 Å². The third kappa shape index (κ3) is 2.01. The van der Waals surface area contributed by atoms with Crippen molar-refractivity contribution in [3.05, 3.63) is 41.6 Å². The Hall–Kier alpha value is -2.11. The topological polar surface area (TPSA) is 64.2 Å². The molecule has 0 aromatic carbocycles. The molecule has 0 atom stereocenters. The van der Waals surface area contributed by atoms with Gasteiger partial charge in [-0.15, -0.1) is 0 Å². The summed E-state index contributed by atoms with van der Waals surface area (Å²) in [6, 6.07) is 2.14. The molecule has 3 rings (SSSR count). The molecule has 3 heterocycles. The summed E-state index contributed by atoms with van der Waals surface area (Å²) >= 11 is 0. The van der Waals surface area contributed by atoms with E-state index < -0.39 is 0 Å². The van der Waals surface area contributed by atoms with Crippen LogP contribution in [0.5, 0.6) is 0 Å². The summed E-state index contributed by atoms with van der Waals surface area (Å²) in [5.41, 5.74) is 0. The third-order valence-corrected chi connectivity index (χ3v) is 3.35. The highest BCUT2D eigenvalue weighted by atomic mass is 16.4.